The molecule has 0 aromatic rings. The second kappa shape index (κ2) is 5.42. The summed E-state index contributed by atoms with van der Waals surface area (Å²) in [4.78, 5) is 2.64. The lowest BCUT2D eigenvalue weighted by molar-refractivity contribution is 0.0778. The molecule has 0 bridgehead atoms. The van der Waals surface area contributed by atoms with Gasteiger partial charge in [0.1, 0.15) is 5.54 Å². The molecule has 0 spiro atoms. The average molecular weight is 263 g/mol. The van der Waals surface area contributed by atoms with Gasteiger partial charge in [-0.25, -0.2) is 0 Å². The number of piperidine rings is 1. The molecule has 3 heteroatoms. The third kappa shape index (κ3) is 3.49. The molecule has 1 aliphatic carbocycles. The Balaban J connectivity index is 1.99. The minimum Gasteiger partial charge on any atom is -0.300 e. The van der Waals surface area contributed by atoms with Crippen molar-refractivity contribution in [3.05, 3.63) is 0 Å². The summed E-state index contributed by atoms with van der Waals surface area (Å²) in [6, 6.07) is 3.55. The van der Waals surface area contributed by atoms with E-state index in [0.29, 0.717) is 17.5 Å². The number of rotatable bonds is 3. The van der Waals surface area contributed by atoms with Gasteiger partial charge < -0.3 is 0 Å². The van der Waals surface area contributed by atoms with Gasteiger partial charge in [-0.05, 0) is 57.9 Å². The van der Waals surface area contributed by atoms with E-state index < -0.39 is 0 Å². The van der Waals surface area contributed by atoms with Crippen LogP contribution in [-0.2, 0) is 0 Å². The van der Waals surface area contributed by atoms with Crippen LogP contribution in [0.4, 0.5) is 0 Å². The van der Waals surface area contributed by atoms with E-state index in [4.69, 9.17) is 0 Å². The first kappa shape index (κ1) is 14.8. The predicted octanol–water partition coefficient (Wildman–Crippen LogP) is 2.92. The number of nitriles is 1. The number of hydrogen-bond acceptors (Lipinski definition) is 3. The summed E-state index contributed by atoms with van der Waals surface area (Å²) < 4.78 is 0. The van der Waals surface area contributed by atoms with E-state index in [9.17, 15) is 5.26 Å². The molecule has 3 nitrogen and oxygen atoms in total. The van der Waals surface area contributed by atoms with Crippen LogP contribution in [0.15, 0.2) is 0 Å². The summed E-state index contributed by atoms with van der Waals surface area (Å²) in [7, 11) is 0. The van der Waals surface area contributed by atoms with Gasteiger partial charge in [-0.3, -0.25) is 10.2 Å². The normalized spacial score (nSPS) is 35.5. The summed E-state index contributed by atoms with van der Waals surface area (Å²) in [6.07, 6.45) is 5.81. The van der Waals surface area contributed by atoms with Gasteiger partial charge in [-0.1, -0.05) is 13.8 Å². The second-order valence-corrected chi connectivity index (χ2v) is 7.63. The SMILES string of the molecule is CC(C)NC1(C#N)CCC(N2CCCC(C)(C)C2)C1. The monoisotopic (exact) mass is 263 g/mol. The Kier molecular flexibility index (Phi) is 4.23. The minimum atomic E-state index is -0.277. The van der Waals surface area contributed by atoms with Gasteiger partial charge in [0.05, 0.1) is 6.07 Å². The highest BCUT2D eigenvalue weighted by Crippen LogP contribution is 2.37. The minimum absolute atomic E-state index is 0.277. The maximum Gasteiger partial charge on any atom is 0.108 e. The van der Waals surface area contributed by atoms with Gasteiger partial charge >= 0.3 is 0 Å². The highest BCUT2D eigenvalue weighted by Gasteiger charge is 2.43. The van der Waals surface area contributed by atoms with Crippen LogP contribution < -0.4 is 5.32 Å². The first-order valence-electron chi connectivity index (χ1n) is 7.79. The van der Waals surface area contributed by atoms with E-state index in [2.05, 4.69) is 44.0 Å². The van der Waals surface area contributed by atoms with Crippen LogP contribution in [-0.4, -0.2) is 35.6 Å². The van der Waals surface area contributed by atoms with Crippen LogP contribution >= 0.6 is 0 Å². The summed E-state index contributed by atoms with van der Waals surface area (Å²) >= 11 is 0. The smallest absolute Gasteiger partial charge is 0.108 e. The first-order chi connectivity index (χ1) is 8.86. The Morgan fingerprint density at radius 1 is 1.32 bits per heavy atom. The molecule has 2 rings (SSSR count). The molecule has 1 N–H and O–H groups in total. The van der Waals surface area contributed by atoms with Crippen molar-refractivity contribution < 1.29 is 0 Å². The van der Waals surface area contributed by atoms with Crippen molar-refractivity contribution in [1.82, 2.24) is 10.2 Å². The lowest BCUT2D eigenvalue weighted by Gasteiger charge is -2.41. The van der Waals surface area contributed by atoms with Crippen molar-refractivity contribution in [3.8, 4) is 6.07 Å². The zero-order valence-corrected chi connectivity index (χ0v) is 13.0. The summed E-state index contributed by atoms with van der Waals surface area (Å²) in [5.41, 5.74) is 0.169. The third-order valence-corrected chi connectivity index (χ3v) is 4.71. The van der Waals surface area contributed by atoms with Gasteiger partial charge in [-0.15, -0.1) is 0 Å². The Bertz CT molecular complexity index is 355. The third-order valence-electron chi connectivity index (χ3n) is 4.71. The topological polar surface area (TPSA) is 39.1 Å². The van der Waals surface area contributed by atoms with E-state index >= 15 is 0 Å². The highest BCUT2D eigenvalue weighted by molar-refractivity contribution is 5.14. The zero-order valence-electron chi connectivity index (χ0n) is 13.0. The molecule has 0 aromatic carbocycles. The van der Waals surface area contributed by atoms with E-state index in [-0.39, 0.29) is 5.54 Å². The van der Waals surface area contributed by atoms with Crippen LogP contribution in [0.5, 0.6) is 0 Å². The van der Waals surface area contributed by atoms with Gasteiger partial charge in [0.15, 0.2) is 0 Å². The van der Waals surface area contributed by atoms with Crippen molar-refractivity contribution in [2.24, 2.45) is 5.41 Å². The molecule has 19 heavy (non-hydrogen) atoms. The molecule has 2 atom stereocenters. The van der Waals surface area contributed by atoms with E-state index in [1.807, 2.05) is 0 Å². The molecule has 0 aromatic heterocycles. The van der Waals surface area contributed by atoms with Crippen molar-refractivity contribution in [2.75, 3.05) is 13.1 Å². The number of nitrogens with zero attached hydrogens (tertiary/aromatic N) is 2. The fraction of sp³-hybridized carbons (Fsp3) is 0.938. The second-order valence-electron chi connectivity index (χ2n) is 7.63. The van der Waals surface area contributed by atoms with Crippen molar-refractivity contribution in [1.29, 1.82) is 5.26 Å². The van der Waals surface area contributed by atoms with E-state index in [1.54, 1.807) is 0 Å². The largest absolute Gasteiger partial charge is 0.300 e. The quantitative estimate of drug-likeness (QED) is 0.851. The Morgan fingerprint density at radius 2 is 2.05 bits per heavy atom. The van der Waals surface area contributed by atoms with Crippen molar-refractivity contribution in [2.45, 2.75) is 77.4 Å². The highest BCUT2D eigenvalue weighted by atomic mass is 15.2. The standard InChI is InChI=1S/C16H29N3/c1-13(2)18-16(11-17)8-6-14(10-16)19-9-5-7-15(3,4)12-19/h13-14,18H,5-10,12H2,1-4H3. The number of nitrogens with one attached hydrogen (secondary N) is 1. The molecule has 0 radical (unpaired) electrons. The average Bonchev–Trinajstić information content (AvgIpc) is 2.72. The van der Waals surface area contributed by atoms with Crippen molar-refractivity contribution >= 4 is 0 Å². The molecule has 1 saturated heterocycles. The molecule has 2 unspecified atom stereocenters. The molecule has 2 aliphatic rings. The fourth-order valence-corrected chi connectivity index (χ4v) is 3.93. The van der Waals surface area contributed by atoms with E-state index in [0.717, 1.165) is 12.8 Å². The van der Waals surface area contributed by atoms with Gasteiger partial charge in [0.25, 0.3) is 0 Å². The van der Waals surface area contributed by atoms with Crippen LogP contribution in [0.3, 0.4) is 0 Å². The van der Waals surface area contributed by atoms with Gasteiger partial charge in [-0.2, -0.15) is 5.26 Å². The van der Waals surface area contributed by atoms with Crippen LogP contribution in [0.25, 0.3) is 0 Å². The predicted molar refractivity (Wildman–Crippen MR) is 78.8 cm³/mol. The molecule has 1 heterocycles. The number of hydrogen-bond donors (Lipinski definition) is 1. The molecule has 0 amide bonds. The molecular weight excluding hydrogens is 234 g/mol. The number of likely N-dealkylation sites (tertiary alicyclic amines) is 1. The summed E-state index contributed by atoms with van der Waals surface area (Å²) in [6.45, 7) is 11.4. The Labute approximate surface area is 118 Å². The van der Waals surface area contributed by atoms with Gasteiger partial charge in [0, 0.05) is 18.6 Å². The van der Waals surface area contributed by atoms with Crippen LogP contribution in [0, 0.1) is 16.7 Å². The maximum absolute atomic E-state index is 9.55. The summed E-state index contributed by atoms with van der Waals surface area (Å²) in [5, 5.41) is 13.1. The lowest BCUT2D eigenvalue weighted by Crippen LogP contribution is -2.49. The summed E-state index contributed by atoms with van der Waals surface area (Å²) in [5.74, 6) is 0. The first-order valence-corrected chi connectivity index (χ1v) is 7.79. The maximum atomic E-state index is 9.55. The molecule has 2 fully saturated rings. The lowest BCUT2D eigenvalue weighted by atomic mass is 9.83. The van der Waals surface area contributed by atoms with Crippen LogP contribution in [0.2, 0.25) is 0 Å². The molecule has 108 valence electrons. The fourth-order valence-electron chi connectivity index (χ4n) is 3.93. The molecule has 1 saturated carbocycles. The van der Waals surface area contributed by atoms with Crippen LogP contribution in [0.1, 0.15) is 59.8 Å². The van der Waals surface area contributed by atoms with E-state index in [1.165, 1.54) is 32.4 Å². The zero-order chi connectivity index (χ0) is 14.1. The Morgan fingerprint density at radius 3 is 2.63 bits per heavy atom. The van der Waals surface area contributed by atoms with Gasteiger partial charge in [0.2, 0.25) is 0 Å². The Hall–Kier alpha value is -0.590. The van der Waals surface area contributed by atoms with Crippen molar-refractivity contribution in [3.63, 3.8) is 0 Å². The molecular formula is C16H29N3. The molecule has 1 aliphatic heterocycles.